The predicted octanol–water partition coefficient (Wildman–Crippen LogP) is 0.618. The van der Waals surface area contributed by atoms with Crippen molar-refractivity contribution in [2.75, 3.05) is 0 Å². The van der Waals surface area contributed by atoms with Crippen molar-refractivity contribution in [1.29, 1.82) is 0 Å². The molecule has 0 aromatic carbocycles. The zero-order valence-electron chi connectivity index (χ0n) is 5.07. The highest BCUT2D eigenvalue weighted by atomic mass is 16.2. The van der Waals surface area contributed by atoms with E-state index in [1.54, 1.807) is 0 Å². The summed E-state index contributed by atoms with van der Waals surface area (Å²) >= 11 is 0. The fourth-order valence-corrected chi connectivity index (χ4v) is 0.527. The van der Waals surface area contributed by atoms with Gasteiger partial charge in [0.2, 0.25) is 0 Å². The summed E-state index contributed by atoms with van der Waals surface area (Å²) in [6.07, 6.45) is 2.19. The lowest BCUT2D eigenvalue weighted by atomic mass is 10.2. The summed E-state index contributed by atoms with van der Waals surface area (Å²) in [5.41, 5.74) is -0.0185. The molecular weight excluding hydrogens is 132 g/mol. The van der Waals surface area contributed by atoms with Crippen molar-refractivity contribution in [3.05, 3.63) is 24.4 Å². The molecule has 0 aromatic rings. The van der Waals surface area contributed by atoms with E-state index in [0.717, 1.165) is 12.3 Å². The van der Waals surface area contributed by atoms with Crippen LogP contribution < -0.4 is 0 Å². The quantitative estimate of drug-likeness (QED) is 0.412. The minimum Gasteiger partial charge on any atom is -0.289 e. The Hall–Kier alpha value is -1.58. The van der Waals surface area contributed by atoms with Crippen LogP contribution in [0.15, 0.2) is 34.7 Å². The minimum atomic E-state index is -0.593. The van der Waals surface area contributed by atoms with E-state index in [9.17, 15) is 9.59 Å². The number of carbonyl (C=O) groups is 2. The van der Waals surface area contributed by atoms with Gasteiger partial charge in [-0.15, -0.1) is 5.11 Å². The molecule has 1 amide bonds. The predicted molar refractivity (Wildman–Crippen MR) is 33.1 cm³/mol. The number of rotatable bonds is 2. The maximum absolute atomic E-state index is 10.7. The third-order valence-electron chi connectivity index (χ3n) is 1.02. The summed E-state index contributed by atoms with van der Waals surface area (Å²) < 4.78 is 0. The molecule has 0 fully saturated rings. The summed E-state index contributed by atoms with van der Waals surface area (Å²) in [4.78, 5) is 21.3. The Bertz CT molecular complexity index is 263. The second-order valence-corrected chi connectivity index (χ2v) is 1.63. The maximum atomic E-state index is 10.7. The minimum absolute atomic E-state index is 0.0185. The summed E-state index contributed by atoms with van der Waals surface area (Å²) in [5, 5.41) is 6.37. The zero-order valence-corrected chi connectivity index (χ0v) is 5.07. The van der Waals surface area contributed by atoms with Gasteiger partial charge in [0.1, 0.15) is 5.57 Å². The molecule has 1 rings (SSSR count). The van der Waals surface area contributed by atoms with Crippen molar-refractivity contribution in [3.63, 3.8) is 0 Å². The first kappa shape index (κ1) is 6.54. The second-order valence-electron chi connectivity index (χ2n) is 1.63. The van der Waals surface area contributed by atoms with Gasteiger partial charge < -0.3 is 0 Å². The third kappa shape index (κ3) is 0.907. The first-order chi connectivity index (χ1) is 4.75. The van der Waals surface area contributed by atoms with Gasteiger partial charge in [0.25, 0.3) is 0 Å². The van der Waals surface area contributed by atoms with Gasteiger partial charge in [-0.2, -0.15) is 5.11 Å². The van der Waals surface area contributed by atoms with E-state index in [4.69, 9.17) is 0 Å². The Kier molecular flexibility index (Phi) is 1.53. The van der Waals surface area contributed by atoms with Crippen molar-refractivity contribution in [1.82, 2.24) is 0 Å². The number of hydrogen-bond donors (Lipinski definition) is 0. The van der Waals surface area contributed by atoms with Crippen LogP contribution in [0.4, 0.5) is 0 Å². The van der Waals surface area contributed by atoms with Gasteiger partial charge in [-0.3, -0.25) is 9.59 Å². The van der Waals surface area contributed by atoms with Crippen LogP contribution in [0.25, 0.3) is 0 Å². The van der Waals surface area contributed by atoms with Crippen molar-refractivity contribution in [2.45, 2.75) is 0 Å². The molecular formula is C6H4N2O2. The van der Waals surface area contributed by atoms with E-state index in [0.29, 0.717) is 0 Å². The van der Waals surface area contributed by atoms with Crippen molar-refractivity contribution >= 4 is 11.7 Å². The molecule has 0 N–H and O–H groups in total. The van der Waals surface area contributed by atoms with Gasteiger partial charge in [0.05, 0.1) is 6.20 Å². The summed E-state index contributed by atoms with van der Waals surface area (Å²) in [5.74, 6) is -1.03. The summed E-state index contributed by atoms with van der Waals surface area (Å²) in [6, 6.07) is 0. The molecule has 0 atom stereocenters. The van der Waals surface area contributed by atoms with Crippen LogP contribution in [-0.4, -0.2) is 11.7 Å². The lowest BCUT2D eigenvalue weighted by Gasteiger charge is -1.86. The zero-order chi connectivity index (χ0) is 7.56. The molecule has 50 valence electrons. The van der Waals surface area contributed by atoms with Crippen LogP contribution in [0.5, 0.6) is 0 Å². The van der Waals surface area contributed by atoms with Gasteiger partial charge in [-0.25, -0.2) is 0 Å². The SMILES string of the molecule is C=CC(=O)C1=CN=NC1=O. The molecule has 0 aromatic heterocycles. The molecule has 0 aliphatic carbocycles. The largest absolute Gasteiger partial charge is 0.300 e. The van der Waals surface area contributed by atoms with Crippen LogP contribution in [0, 0.1) is 0 Å². The van der Waals surface area contributed by atoms with Crippen molar-refractivity contribution < 1.29 is 9.59 Å². The van der Waals surface area contributed by atoms with E-state index in [-0.39, 0.29) is 5.57 Å². The lowest BCUT2D eigenvalue weighted by Crippen LogP contribution is -2.04. The van der Waals surface area contributed by atoms with E-state index < -0.39 is 11.7 Å². The fraction of sp³-hybridized carbons (Fsp3) is 0. The molecule has 1 aliphatic heterocycles. The van der Waals surface area contributed by atoms with E-state index in [1.807, 2.05) is 0 Å². The molecule has 0 radical (unpaired) electrons. The highest BCUT2D eigenvalue weighted by Crippen LogP contribution is 2.07. The number of azo groups is 1. The molecule has 4 nitrogen and oxygen atoms in total. The topological polar surface area (TPSA) is 58.9 Å². The Morgan fingerprint density at radius 1 is 1.70 bits per heavy atom. The first-order valence-electron chi connectivity index (χ1n) is 2.58. The molecule has 0 bridgehead atoms. The summed E-state index contributed by atoms with van der Waals surface area (Å²) in [7, 11) is 0. The van der Waals surface area contributed by atoms with Gasteiger partial charge >= 0.3 is 5.91 Å². The maximum Gasteiger partial charge on any atom is 0.300 e. The highest BCUT2D eigenvalue weighted by Gasteiger charge is 2.18. The second kappa shape index (κ2) is 2.34. The van der Waals surface area contributed by atoms with Crippen LogP contribution in [0.3, 0.4) is 0 Å². The van der Waals surface area contributed by atoms with Gasteiger partial charge in [-0.1, -0.05) is 6.58 Å². The normalized spacial score (nSPS) is 15.2. The van der Waals surface area contributed by atoms with E-state index >= 15 is 0 Å². The molecule has 1 heterocycles. The van der Waals surface area contributed by atoms with Gasteiger partial charge in [0, 0.05) is 0 Å². The van der Waals surface area contributed by atoms with Gasteiger partial charge in [-0.05, 0) is 6.08 Å². The first-order valence-corrected chi connectivity index (χ1v) is 2.58. The molecule has 1 aliphatic rings. The molecule has 0 spiro atoms. The average molecular weight is 136 g/mol. The van der Waals surface area contributed by atoms with Crippen molar-refractivity contribution in [3.8, 4) is 0 Å². The Balaban J connectivity index is 2.87. The number of amides is 1. The number of ketones is 1. The van der Waals surface area contributed by atoms with E-state index in [2.05, 4.69) is 16.8 Å². The third-order valence-corrected chi connectivity index (χ3v) is 1.02. The molecule has 0 saturated carbocycles. The van der Waals surface area contributed by atoms with E-state index in [1.165, 1.54) is 0 Å². The Labute approximate surface area is 56.9 Å². The van der Waals surface area contributed by atoms with Crippen LogP contribution in [0.1, 0.15) is 0 Å². The molecule has 4 heteroatoms. The monoisotopic (exact) mass is 136 g/mol. The molecule has 0 saturated heterocycles. The molecule has 0 unspecified atom stereocenters. The standard InChI is InChI=1S/C6H4N2O2/c1-2-5(9)4-3-7-8-6(4)10/h2-3H,1H2. The van der Waals surface area contributed by atoms with Crippen molar-refractivity contribution in [2.24, 2.45) is 10.2 Å². The van der Waals surface area contributed by atoms with Crippen LogP contribution in [-0.2, 0) is 9.59 Å². The number of allylic oxidation sites excluding steroid dienone is 1. The number of carbonyl (C=O) groups excluding carboxylic acids is 2. The lowest BCUT2D eigenvalue weighted by molar-refractivity contribution is -0.118. The number of nitrogens with zero attached hydrogens (tertiary/aromatic N) is 2. The average Bonchev–Trinajstić information content (AvgIpc) is 2.34. The van der Waals surface area contributed by atoms with Gasteiger partial charge in [0.15, 0.2) is 5.78 Å². The summed E-state index contributed by atoms with van der Waals surface area (Å²) in [6.45, 7) is 3.21. The Morgan fingerprint density at radius 3 is 2.80 bits per heavy atom. The van der Waals surface area contributed by atoms with Crippen LogP contribution >= 0.6 is 0 Å². The highest BCUT2D eigenvalue weighted by molar-refractivity contribution is 6.23. The smallest absolute Gasteiger partial charge is 0.289 e. The van der Waals surface area contributed by atoms with Crippen LogP contribution in [0.2, 0.25) is 0 Å². The number of hydrogen-bond acceptors (Lipinski definition) is 3. The molecule has 10 heavy (non-hydrogen) atoms. The Morgan fingerprint density at radius 2 is 2.40 bits per heavy atom. The fourth-order valence-electron chi connectivity index (χ4n) is 0.527.